The number of hydrogen-bond donors (Lipinski definition) is 2. The van der Waals surface area contributed by atoms with Crippen molar-refractivity contribution in [1.82, 2.24) is 9.97 Å². The number of aromatic nitrogens is 2. The third kappa shape index (κ3) is 4.25. The normalized spacial score (nSPS) is 10.2. The van der Waals surface area contributed by atoms with E-state index in [1.54, 1.807) is 6.33 Å². The molecular weight excluding hydrogens is 246 g/mol. The fraction of sp³-hybridized carbons (Fsp3) is 0.231. The van der Waals surface area contributed by atoms with Gasteiger partial charge in [0.05, 0.1) is 6.33 Å². The van der Waals surface area contributed by atoms with Crippen LogP contribution in [-0.2, 0) is 6.42 Å². The number of nitrogens with zero attached hydrogens (tertiary/aromatic N) is 1. The molecule has 1 aromatic carbocycles. The average Bonchev–Trinajstić information content (AvgIpc) is 2.89. The van der Waals surface area contributed by atoms with Crippen molar-refractivity contribution >= 4 is 22.7 Å². The Balaban J connectivity index is 1.63. The van der Waals surface area contributed by atoms with E-state index in [1.165, 1.54) is 11.8 Å². The van der Waals surface area contributed by atoms with Gasteiger partial charge in [-0.3, -0.25) is 4.79 Å². The zero-order chi connectivity index (χ0) is 12.6. The van der Waals surface area contributed by atoms with Gasteiger partial charge in [0.1, 0.15) is 0 Å². The van der Waals surface area contributed by atoms with Gasteiger partial charge in [-0.2, -0.15) is 0 Å². The van der Waals surface area contributed by atoms with Gasteiger partial charge in [-0.15, -0.1) is 0 Å². The molecule has 2 N–H and O–H groups in total. The van der Waals surface area contributed by atoms with E-state index in [0.29, 0.717) is 0 Å². The average molecular weight is 261 g/mol. The maximum Gasteiger partial charge on any atom is 0.283 e. The number of hydrogen-bond acceptors (Lipinski definition) is 3. The van der Waals surface area contributed by atoms with Crippen LogP contribution in [0.1, 0.15) is 12.1 Å². The summed E-state index contributed by atoms with van der Waals surface area (Å²) in [7, 11) is 0. The van der Waals surface area contributed by atoms with Gasteiger partial charge in [-0.25, -0.2) is 4.98 Å². The number of para-hydroxylation sites is 1. The van der Waals surface area contributed by atoms with E-state index in [4.69, 9.17) is 0 Å². The van der Waals surface area contributed by atoms with Crippen molar-refractivity contribution in [3.8, 4) is 0 Å². The number of rotatable bonds is 5. The molecule has 0 aliphatic heterocycles. The molecule has 0 aliphatic rings. The van der Waals surface area contributed by atoms with Crippen molar-refractivity contribution in [2.24, 2.45) is 0 Å². The number of carbonyl (C=O) groups is 1. The lowest BCUT2D eigenvalue weighted by Crippen LogP contribution is -2.05. The molecule has 5 heteroatoms. The Morgan fingerprint density at radius 2 is 2.17 bits per heavy atom. The van der Waals surface area contributed by atoms with Crippen LogP contribution in [0.15, 0.2) is 42.9 Å². The summed E-state index contributed by atoms with van der Waals surface area (Å²) in [6.45, 7) is 0. The minimum atomic E-state index is -0.00851. The second-order valence-electron chi connectivity index (χ2n) is 3.81. The summed E-state index contributed by atoms with van der Waals surface area (Å²) in [5, 5.41) is 2.83. The Morgan fingerprint density at radius 1 is 1.33 bits per heavy atom. The monoisotopic (exact) mass is 261 g/mol. The highest BCUT2D eigenvalue weighted by Gasteiger charge is 2.02. The van der Waals surface area contributed by atoms with Crippen LogP contribution in [0, 0.1) is 0 Å². The lowest BCUT2D eigenvalue weighted by molar-refractivity contribution is 0.270. The first-order valence-electron chi connectivity index (χ1n) is 5.80. The number of aryl methyl sites for hydroxylation is 1. The predicted molar refractivity (Wildman–Crippen MR) is 74.8 cm³/mol. The van der Waals surface area contributed by atoms with Crippen LogP contribution in [0.2, 0.25) is 0 Å². The lowest BCUT2D eigenvalue weighted by atomic mass is 10.3. The van der Waals surface area contributed by atoms with Crippen LogP contribution in [0.3, 0.4) is 0 Å². The first-order chi connectivity index (χ1) is 8.84. The Labute approximate surface area is 110 Å². The molecule has 0 bridgehead atoms. The minimum absolute atomic E-state index is 0.00851. The van der Waals surface area contributed by atoms with Crippen molar-refractivity contribution in [3.05, 3.63) is 48.5 Å². The van der Waals surface area contributed by atoms with Gasteiger partial charge in [0.2, 0.25) is 0 Å². The topological polar surface area (TPSA) is 57.8 Å². The van der Waals surface area contributed by atoms with Gasteiger partial charge < -0.3 is 10.3 Å². The molecule has 0 unspecified atom stereocenters. The number of aromatic amines is 1. The summed E-state index contributed by atoms with van der Waals surface area (Å²) in [6.07, 6.45) is 5.36. The first-order valence-corrected chi connectivity index (χ1v) is 6.79. The maximum absolute atomic E-state index is 11.6. The van der Waals surface area contributed by atoms with Crippen LogP contribution in [0.25, 0.3) is 0 Å². The molecule has 0 radical (unpaired) electrons. The molecule has 2 aromatic rings. The van der Waals surface area contributed by atoms with Crippen molar-refractivity contribution in [2.75, 3.05) is 11.1 Å². The van der Waals surface area contributed by atoms with E-state index in [9.17, 15) is 4.79 Å². The Bertz CT molecular complexity index is 470. The van der Waals surface area contributed by atoms with Crippen molar-refractivity contribution in [3.63, 3.8) is 0 Å². The molecule has 18 heavy (non-hydrogen) atoms. The standard InChI is InChI=1S/C13H15N3OS/c17-13(16-11-5-2-1-3-6-11)18-8-4-7-12-9-14-10-15-12/h1-3,5-6,9-10H,4,7-8H2,(H,14,15)(H,16,17). The second kappa shape index (κ2) is 6.86. The molecule has 0 spiro atoms. The number of anilines is 1. The molecule has 2 rings (SSSR count). The smallest absolute Gasteiger partial charge is 0.283 e. The van der Waals surface area contributed by atoms with E-state index in [1.807, 2.05) is 36.5 Å². The second-order valence-corrected chi connectivity index (χ2v) is 4.88. The molecule has 0 fully saturated rings. The van der Waals surface area contributed by atoms with Crippen LogP contribution in [-0.4, -0.2) is 21.0 Å². The van der Waals surface area contributed by atoms with Gasteiger partial charge in [-0.1, -0.05) is 30.0 Å². The van der Waals surface area contributed by atoms with Crippen LogP contribution < -0.4 is 5.32 Å². The quantitative estimate of drug-likeness (QED) is 0.812. The zero-order valence-corrected chi connectivity index (χ0v) is 10.7. The fourth-order valence-electron chi connectivity index (χ4n) is 1.52. The Morgan fingerprint density at radius 3 is 2.89 bits per heavy atom. The lowest BCUT2D eigenvalue weighted by Gasteiger charge is -2.03. The van der Waals surface area contributed by atoms with Crippen molar-refractivity contribution < 1.29 is 4.79 Å². The Hall–Kier alpha value is -1.75. The van der Waals surface area contributed by atoms with Crippen molar-refractivity contribution in [1.29, 1.82) is 0 Å². The van der Waals surface area contributed by atoms with Crippen LogP contribution >= 0.6 is 11.8 Å². The van der Waals surface area contributed by atoms with Crippen molar-refractivity contribution in [2.45, 2.75) is 12.8 Å². The minimum Gasteiger partial charge on any atom is -0.348 e. The summed E-state index contributed by atoms with van der Waals surface area (Å²) in [5.74, 6) is 0.803. The summed E-state index contributed by atoms with van der Waals surface area (Å²) in [4.78, 5) is 18.6. The Kier molecular flexibility index (Phi) is 4.84. The number of amides is 1. The fourth-order valence-corrected chi connectivity index (χ4v) is 2.19. The molecule has 0 saturated carbocycles. The number of carbonyl (C=O) groups excluding carboxylic acids is 1. The van der Waals surface area contributed by atoms with Gasteiger partial charge in [-0.05, 0) is 25.0 Å². The number of thioether (sulfide) groups is 1. The predicted octanol–water partition coefficient (Wildman–Crippen LogP) is 3.31. The van der Waals surface area contributed by atoms with Crippen LogP contribution in [0.5, 0.6) is 0 Å². The van der Waals surface area contributed by atoms with Gasteiger partial charge in [0, 0.05) is 23.3 Å². The summed E-state index contributed by atoms with van der Waals surface area (Å²) >= 11 is 1.31. The highest BCUT2D eigenvalue weighted by atomic mass is 32.2. The van der Waals surface area contributed by atoms with Gasteiger partial charge in [0.25, 0.3) is 5.24 Å². The molecule has 1 amide bonds. The molecule has 0 atom stereocenters. The zero-order valence-electron chi connectivity index (χ0n) is 9.93. The molecule has 94 valence electrons. The SMILES string of the molecule is O=C(Nc1ccccc1)SCCCc1cnc[nH]1. The number of imidazole rings is 1. The van der Waals surface area contributed by atoms with E-state index in [2.05, 4.69) is 15.3 Å². The summed E-state index contributed by atoms with van der Waals surface area (Å²) in [5.41, 5.74) is 1.95. The number of nitrogens with one attached hydrogen (secondary N) is 2. The highest BCUT2D eigenvalue weighted by molar-refractivity contribution is 8.13. The van der Waals surface area contributed by atoms with E-state index >= 15 is 0 Å². The summed E-state index contributed by atoms with van der Waals surface area (Å²) in [6, 6.07) is 9.48. The van der Waals surface area contributed by atoms with E-state index in [-0.39, 0.29) is 5.24 Å². The maximum atomic E-state index is 11.6. The van der Waals surface area contributed by atoms with Gasteiger partial charge in [0.15, 0.2) is 0 Å². The number of benzene rings is 1. The van der Waals surface area contributed by atoms with E-state index in [0.717, 1.165) is 30.0 Å². The molecule has 1 aromatic heterocycles. The number of H-pyrrole nitrogens is 1. The highest BCUT2D eigenvalue weighted by Crippen LogP contribution is 2.12. The van der Waals surface area contributed by atoms with Gasteiger partial charge >= 0.3 is 0 Å². The largest absolute Gasteiger partial charge is 0.348 e. The molecule has 1 heterocycles. The summed E-state index contributed by atoms with van der Waals surface area (Å²) < 4.78 is 0. The van der Waals surface area contributed by atoms with Crippen LogP contribution in [0.4, 0.5) is 10.5 Å². The molecular formula is C13H15N3OS. The molecule has 4 nitrogen and oxygen atoms in total. The molecule has 0 aliphatic carbocycles. The molecule has 0 saturated heterocycles. The van der Waals surface area contributed by atoms with E-state index < -0.39 is 0 Å². The first kappa shape index (κ1) is 12.7. The third-order valence-corrected chi connectivity index (χ3v) is 3.26. The third-order valence-electron chi connectivity index (χ3n) is 2.40.